The average molecular weight is 346 g/mol. The van der Waals surface area contributed by atoms with Gasteiger partial charge in [0.15, 0.2) is 0 Å². The molecule has 0 spiro atoms. The van der Waals surface area contributed by atoms with Crippen molar-refractivity contribution in [1.29, 1.82) is 0 Å². The van der Waals surface area contributed by atoms with Crippen molar-refractivity contribution >= 4 is 18.3 Å². The number of halogens is 3. The normalized spacial score (nSPS) is 24.3. The molecule has 2 aliphatic rings. The van der Waals surface area contributed by atoms with E-state index in [9.17, 15) is 13.6 Å². The molecule has 1 atom stereocenters. The summed E-state index contributed by atoms with van der Waals surface area (Å²) >= 11 is 0. The standard InChI is InChI=1S/C16H21F2N3O.ClH/c17-16(18)9-14(20-11-16)15(22)21-6-3-12(4-7-21)8-13-2-1-5-19-10-13;/h1-2,5,10,12,14,20H,3-4,6-9,11H2;1H. The van der Waals surface area contributed by atoms with Crippen molar-refractivity contribution in [3.8, 4) is 0 Å². The number of nitrogens with one attached hydrogen (secondary N) is 1. The summed E-state index contributed by atoms with van der Waals surface area (Å²) in [7, 11) is 0. The molecule has 2 fully saturated rings. The quantitative estimate of drug-likeness (QED) is 0.914. The second-order valence-corrected chi connectivity index (χ2v) is 6.33. The predicted molar refractivity (Wildman–Crippen MR) is 85.8 cm³/mol. The van der Waals surface area contributed by atoms with E-state index in [4.69, 9.17) is 0 Å². The van der Waals surface area contributed by atoms with Gasteiger partial charge in [0.1, 0.15) is 0 Å². The fourth-order valence-corrected chi connectivity index (χ4v) is 3.32. The molecule has 23 heavy (non-hydrogen) atoms. The number of likely N-dealkylation sites (tertiary alicyclic amines) is 1. The van der Waals surface area contributed by atoms with Crippen LogP contribution in [-0.2, 0) is 11.2 Å². The van der Waals surface area contributed by atoms with Gasteiger partial charge in [0, 0.05) is 31.9 Å². The molecule has 0 aromatic carbocycles. The number of hydrogen-bond acceptors (Lipinski definition) is 3. The van der Waals surface area contributed by atoms with Crippen LogP contribution < -0.4 is 5.32 Å². The Morgan fingerprint density at radius 2 is 2.13 bits per heavy atom. The number of alkyl halides is 2. The number of amides is 1. The van der Waals surface area contributed by atoms with Gasteiger partial charge in [-0.2, -0.15) is 0 Å². The molecule has 0 radical (unpaired) electrons. The third-order valence-electron chi connectivity index (χ3n) is 4.58. The lowest BCUT2D eigenvalue weighted by molar-refractivity contribution is -0.135. The molecule has 4 nitrogen and oxygen atoms in total. The Balaban J connectivity index is 0.00000192. The number of pyridine rings is 1. The minimum atomic E-state index is -2.75. The SMILES string of the molecule is Cl.O=C(C1CC(F)(F)CN1)N1CCC(Cc2cccnc2)CC1. The molecule has 128 valence electrons. The third-order valence-corrected chi connectivity index (χ3v) is 4.58. The van der Waals surface area contributed by atoms with Gasteiger partial charge in [-0.05, 0) is 36.8 Å². The Hall–Kier alpha value is -1.27. The summed E-state index contributed by atoms with van der Waals surface area (Å²) < 4.78 is 26.4. The first-order chi connectivity index (χ1) is 10.5. The summed E-state index contributed by atoms with van der Waals surface area (Å²) in [4.78, 5) is 18.1. The number of nitrogens with zero attached hydrogens (tertiary/aromatic N) is 2. The maximum absolute atomic E-state index is 13.2. The lowest BCUT2D eigenvalue weighted by Gasteiger charge is -2.33. The van der Waals surface area contributed by atoms with Crippen LogP contribution in [-0.4, -0.2) is 47.4 Å². The highest BCUT2D eigenvalue weighted by Gasteiger charge is 2.43. The monoisotopic (exact) mass is 345 g/mol. The molecule has 2 saturated heterocycles. The van der Waals surface area contributed by atoms with Gasteiger partial charge >= 0.3 is 0 Å². The molecule has 1 amide bonds. The summed E-state index contributed by atoms with van der Waals surface area (Å²) in [6.45, 7) is 0.932. The molecule has 1 unspecified atom stereocenters. The Labute approximate surface area is 141 Å². The number of rotatable bonds is 3. The van der Waals surface area contributed by atoms with Gasteiger partial charge in [0.25, 0.3) is 5.92 Å². The smallest absolute Gasteiger partial charge is 0.262 e. The first-order valence-corrected chi connectivity index (χ1v) is 7.82. The number of carbonyl (C=O) groups excluding carboxylic acids is 1. The van der Waals surface area contributed by atoms with Crippen molar-refractivity contribution in [3.05, 3.63) is 30.1 Å². The molecular formula is C16H22ClF2N3O. The van der Waals surface area contributed by atoms with Crippen LogP contribution in [0.25, 0.3) is 0 Å². The molecule has 3 rings (SSSR count). The van der Waals surface area contributed by atoms with E-state index in [-0.39, 0.29) is 31.3 Å². The molecule has 7 heteroatoms. The fraction of sp³-hybridized carbons (Fsp3) is 0.625. The average Bonchev–Trinajstić information content (AvgIpc) is 2.88. The predicted octanol–water partition coefficient (Wildman–Crippen LogP) is 2.28. The van der Waals surface area contributed by atoms with Crippen LogP contribution in [0, 0.1) is 5.92 Å². The van der Waals surface area contributed by atoms with Gasteiger partial charge < -0.3 is 4.90 Å². The van der Waals surface area contributed by atoms with E-state index in [1.54, 1.807) is 11.1 Å². The van der Waals surface area contributed by atoms with E-state index in [0.717, 1.165) is 19.3 Å². The van der Waals surface area contributed by atoms with Crippen molar-refractivity contribution in [2.45, 2.75) is 37.6 Å². The van der Waals surface area contributed by atoms with Gasteiger partial charge in [0.2, 0.25) is 5.91 Å². The second-order valence-electron chi connectivity index (χ2n) is 6.33. The minimum absolute atomic E-state index is 0. The van der Waals surface area contributed by atoms with Crippen LogP contribution >= 0.6 is 12.4 Å². The highest BCUT2D eigenvalue weighted by atomic mass is 35.5. The summed E-state index contributed by atoms with van der Waals surface area (Å²) in [6, 6.07) is 3.28. The molecule has 1 aromatic rings. The van der Waals surface area contributed by atoms with E-state index >= 15 is 0 Å². The van der Waals surface area contributed by atoms with E-state index in [2.05, 4.69) is 16.4 Å². The molecule has 0 aliphatic carbocycles. The number of carbonyl (C=O) groups is 1. The molecule has 2 aliphatic heterocycles. The first-order valence-electron chi connectivity index (χ1n) is 7.82. The molecule has 1 N–H and O–H groups in total. The van der Waals surface area contributed by atoms with Crippen molar-refractivity contribution in [2.24, 2.45) is 5.92 Å². The maximum atomic E-state index is 13.2. The van der Waals surface area contributed by atoms with E-state index in [1.165, 1.54) is 5.56 Å². The molecule has 0 saturated carbocycles. The Morgan fingerprint density at radius 3 is 2.70 bits per heavy atom. The molecule has 0 bridgehead atoms. The van der Waals surface area contributed by atoms with Crippen LogP contribution in [0.15, 0.2) is 24.5 Å². The van der Waals surface area contributed by atoms with Crippen LogP contribution in [0.2, 0.25) is 0 Å². The highest BCUT2D eigenvalue weighted by molar-refractivity contribution is 5.85. The minimum Gasteiger partial charge on any atom is -0.341 e. The highest BCUT2D eigenvalue weighted by Crippen LogP contribution is 2.28. The lowest BCUT2D eigenvalue weighted by Crippen LogP contribution is -2.47. The van der Waals surface area contributed by atoms with Crippen LogP contribution in [0.3, 0.4) is 0 Å². The third kappa shape index (κ3) is 4.61. The van der Waals surface area contributed by atoms with Crippen LogP contribution in [0.1, 0.15) is 24.8 Å². The van der Waals surface area contributed by atoms with Gasteiger partial charge in [-0.1, -0.05) is 6.07 Å². The lowest BCUT2D eigenvalue weighted by atomic mass is 9.90. The van der Waals surface area contributed by atoms with Gasteiger partial charge in [-0.15, -0.1) is 12.4 Å². The summed E-state index contributed by atoms with van der Waals surface area (Å²) in [5.41, 5.74) is 1.21. The summed E-state index contributed by atoms with van der Waals surface area (Å²) in [5.74, 6) is -2.39. The van der Waals surface area contributed by atoms with E-state index in [1.807, 2.05) is 12.3 Å². The number of piperidine rings is 1. The van der Waals surface area contributed by atoms with Gasteiger partial charge in [-0.3, -0.25) is 15.1 Å². The summed E-state index contributed by atoms with van der Waals surface area (Å²) in [6.07, 6.45) is 6.07. The second kappa shape index (κ2) is 7.53. The number of aromatic nitrogens is 1. The Bertz CT molecular complexity index is 521. The van der Waals surface area contributed by atoms with Crippen molar-refractivity contribution in [1.82, 2.24) is 15.2 Å². The zero-order chi connectivity index (χ0) is 15.6. The van der Waals surface area contributed by atoms with Gasteiger partial charge in [-0.25, -0.2) is 8.78 Å². The number of hydrogen-bond donors (Lipinski definition) is 1. The van der Waals surface area contributed by atoms with E-state index in [0.29, 0.717) is 19.0 Å². The molecule has 1 aromatic heterocycles. The molecule has 3 heterocycles. The van der Waals surface area contributed by atoms with Crippen molar-refractivity contribution in [2.75, 3.05) is 19.6 Å². The Morgan fingerprint density at radius 1 is 1.39 bits per heavy atom. The van der Waals surface area contributed by atoms with Crippen molar-refractivity contribution in [3.63, 3.8) is 0 Å². The fourth-order valence-electron chi connectivity index (χ4n) is 3.32. The maximum Gasteiger partial charge on any atom is 0.262 e. The van der Waals surface area contributed by atoms with Crippen LogP contribution in [0.5, 0.6) is 0 Å². The Kier molecular flexibility index (Phi) is 5.92. The first kappa shape index (κ1) is 18.1. The molecular weight excluding hydrogens is 324 g/mol. The largest absolute Gasteiger partial charge is 0.341 e. The topological polar surface area (TPSA) is 45.2 Å². The summed E-state index contributed by atoms with van der Waals surface area (Å²) in [5, 5.41) is 2.65. The zero-order valence-electron chi connectivity index (χ0n) is 12.9. The van der Waals surface area contributed by atoms with E-state index < -0.39 is 12.0 Å². The zero-order valence-corrected chi connectivity index (χ0v) is 13.7. The van der Waals surface area contributed by atoms with Crippen molar-refractivity contribution < 1.29 is 13.6 Å². The van der Waals surface area contributed by atoms with Gasteiger partial charge in [0.05, 0.1) is 12.6 Å². The van der Waals surface area contributed by atoms with Crippen LogP contribution in [0.4, 0.5) is 8.78 Å².